The number of benzene rings is 1. The highest BCUT2D eigenvalue weighted by Gasteiger charge is 2.12. The van der Waals surface area contributed by atoms with Crippen LogP contribution in [-0.2, 0) is 0 Å². The third-order valence-electron chi connectivity index (χ3n) is 4.19. The van der Waals surface area contributed by atoms with Gasteiger partial charge in [0.05, 0.1) is 17.5 Å². The van der Waals surface area contributed by atoms with Crippen LogP contribution in [0.5, 0.6) is 0 Å². The van der Waals surface area contributed by atoms with Gasteiger partial charge in [0.25, 0.3) is 0 Å². The Hall–Kier alpha value is -3.25. The molecule has 26 heavy (non-hydrogen) atoms. The first-order valence-corrected chi connectivity index (χ1v) is 8.45. The van der Waals surface area contributed by atoms with Gasteiger partial charge in [0, 0.05) is 36.6 Å². The van der Waals surface area contributed by atoms with Gasteiger partial charge in [-0.15, -0.1) is 0 Å². The summed E-state index contributed by atoms with van der Waals surface area (Å²) < 4.78 is 1.76. The average molecular weight is 345 g/mol. The van der Waals surface area contributed by atoms with Crippen molar-refractivity contribution in [2.24, 2.45) is 0 Å². The summed E-state index contributed by atoms with van der Waals surface area (Å²) in [5.74, 6) is 0.787. The highest BCUT2D eigenvalue weighted by Crippen LogP contribution is 2.23. The number of anilines is 1. The molecule has 0 saturated heterocycles. The standard InChI is InChI=1S/C20H19N5O/c1-14-11-20-23-17(15-5-3-2-4-6-15)12-19(25(20)24-14)22-13-18(26)16-7-9-21-10-8-16/h2-12,18,22,26H,13H2,1H3/t18-/m1/s1. The molecule has 1 aromatic carbocycles. The number of hydrogen-bond donors (Lipinski definition) is 2. The molecule has 0 aliphatic rings. The summed E-state index contributed by atoms with van der Waals surface area (Å²) in [5, 5.41) is 18.2. The van der Waals surface area contributed by atoms with Crippen LogP contribution in [0.3, 0.4) is 0 Å². The molecule has 0 aliphatic heterocycles. The molecule has 0 radical (unpaired) electrons. The number of aliphatic hydroxyl groups excluding tert-OH is 1. The number of aryl methyl sites for hydroxylation is 1. The van der Waals surface area contributed by atoms with Crippen LogP contribution >= 0.6 is 0 Å². The highest BCUT2D eigenvalue weighted by atomic mass is 16.3. The maximum Gasteiger partial charge on any atom is 0.158 e. The van der Waals surface area contributed by atoms with E-state index in [0.717, 1.165) is 34.0 Å². The summed E-state index contributed by atoms with van der Waals surface area (Å²) in [6.07, 6.45) is 2.71. The van der Waals surface area contributed by atoms with Crippen molar-refractivity contribution in [3.8, 4) is 11.3 Å². The van der Waals surface area contributed by atoms with Gasteiger partial charge in [0.1, 0.15) is 5.82 Å². The Balaban J connectivity index is 1.67. The lowest BCUT2D eigenvalue weighted by atomic mass is 10.1. The molecule has 0 bridgehead atoms. The van der Waals surface area contributed by atoms with Crippen molar-refractivity contribution in [3.05, 3.63) is 78.2 Å². The molecule has 0 fully saturated rings. The molecule has 2 N–H and O–H groups in total. The van der Waals surface area contributed by atoms with Crippen molar-refractivity contribution in [3.63, 3.8) is 0 Å². The van der Waals surface area contributed by atoms with Gasteiger partial charge in [0.2, 0.25) is 0 Å². The molecule has 0 aliphatic carbocycles. The average Bonchev–Trinajstić information content (AvgIpc) is 3.07. The minimum Gasteiger partial charge on any atom is -0.387 e. The quantitative estimate of drug-likeness (QED) is 0.581. The number of nitrogens with one attached hydrogen (secondary N) is 1. The van der Waals surface area contributed by atoms with Gasteiger partial charge in [0.15, 0.2) is 5.65 Å². The van der Waals surface area contributed by atoms with Crippen LogP contribution in [0, 0.1) is 6.92 Å². The maximum atomic E-state index is 10.4. The summed E-state index contributed by atoms with van der Waals surface area (Å²) in [5.41, 5.74) is 4.37. The van der Waals surface area contributed by atoms with E-state index in [9.17, 15) is 5.11 Å². The van der Waals surface area contributed by atoms with Gasteiger partial charge >= 0.3 is 0 Å². The number of hydrogen-bond acceptors (Lipinski definition) is 5. The zero-order valence-corrected chi connectivity index (χ0v) is 14.4. The minimum absolute atomic E-state index is 0.357. The lowest BCUT2D eigenvalue weighted by Gasteiger charge is -2.14. The first-order chi connectivity index (χ1) is 12.7. The molecule has 4 aromatic rings. The number of nitrogens with zero attached hydrogens (tertiary/aromatic N) is 4. The van der Waals surface area contributed by atoms with Crippen molar-refractivity contribution in [1.82, 2.24) is 19.6 Å². The molecular weight excluding hydrogens is 326 g/mol. The van der Waals surface area contributed by atoms with Crippen LogP contribution in [0.4, 0.5) is 5.82 Å². The summed E-state index contributed by atoms with van der Waals surface area (Å²) >= 11 is 0. The zero-order chi connectivity index (χ0) is 17.9. The van der Waals surface area contributed by atoms with Crippen LogP contribution in [0.25, 0.3) is 16.9 Å². The first kappa shape index (κ1) is 16.2. The molecule has 0 unspecified atom stereocenters. The topological polar surface area (TPSA) is 75.3 Å². The SMILES string of the molecule is Cc1cc2nc(-c3ccccc3)cc(NC[C@@H](O)c3ccncc3)n2n1. The molecule has 130 valence electrons. The second-order valence-electron chi connectivity index (χ2n) is 6.13. The second-order valence-corrected chi connectivity index (χ2v) is 6.13. The van der Waals surface area contributed by atoms with Crippen LogP contribution in [-0.4, -0.2) is 31.2 Å². The van der Waals surface area contributed by atoms with Gasteiger partial charge in [-0.05, 0) is 24.6 Å². The van der Waals surface area contributed by atoms with Gasteiger partial charge < -0.3 is 10.4 Å². The van der Waals surface area contributed by atoms with Gasteiger partial charge in [-0.25, -0.2) is 4.98 Å². The predicted molar refractivity (Wildman–Crippen MR) is 101 cm³/mol. The number of aromatic nitrogens is 4. The first-order valence-electron chi connectivity index (χ1n) is 8.45. The fourth-order valence-electron chi connectivity index (χ4n) is 2.88. The molecule has 3 aromatic heterocycles. The van der Waals surface area contributed by atoms with Crippen molar-refractivity contribution in [2.75, 3.05) is 11.9 Å². The minimum atomic E-state index is -0.641. The molecule has 0 spiro atoms. The molecule has 3 heterocycles. The Kier molecular flexibility index (Phi) is 4.33. The van der Waals surface area contributed by atoms with E-state index in [1.807, 2.05) is 61.5 Å². The van der Waals surface area contributed by atoms with Crippen molar-refractivity contribution in [2.45, 2.75) is 13.0 Å². The second kappa shape index (κ2) is 6.93. The van der Waals surface area contributed by atoms with E-state index in [4.69, 9.17) is 4.98 Å². The van der Waals surface area contributed by atoms with E-state index < -0.39 is 6.10 Å². The van der Waals surface area contributed by atoms with E-state index in [0.29, 0.717) is 6.54 Å². The lowest BCUT2D eigenvalue weighted by molar-refractivity contribution is 0.191. The number of rotatable bonds is 5. The Morgan fingerprint density at radius 1 is 1.08 bits per heavy atom. The van der Waals surface area contributed by atoms with Crippen LogP contribution in [0.1, 0.15) is 17.4 Å². The molecule has 0 amide bonds. The predicted octanol–water partition coefficient (Wildman–Crippen LogP) is 3.25. The highest BCUT2D eigenvalue weighted by molar-refractivity contribution is 5.66. The van der Waals surface area contributed by atoms with Gasteiger partial charge in [-0.2, -0.15) is 9.61 Å². The summed E-state index contributed by atoms with van der Waals surface area (Å²) in [4.78, 5) is 8.68. The van der Waals surface area contributed by atoms with Crippen molar-refractivity contribution < 1.29 is 5.11 Å². The Bertz CT molecular complexity index is 1010. The maximum absolute atomic E-state index is 10.4. The largest absolute Gasteiger partial charge is 0.387 e. The summed E-state index contributed by atoms with van der Waals surface area (Å²) in [6.45, 7) is 2.29. The molecule has 6 nitrogen and oxygen atoms in total. The van der Waals surface area contributed by atoms with Gasteiger partial charge in [-0.3, -0.25) is 4.98 Å². The smallest absolute Gasteiger partial charge is 0.158 e. The molecule has 1 atom stereocenters. The normalized spacial score (nSPS) is 12.2. The van der Waals surface area contributed by atoms with Gasteiger partial charge in [-0.1, -0.05) is 30.3 Å². The third-order valence-corrected chi connectivity index (χ3v) is 4.19. The van der Waals surface area contributed by atoms with E-state index in [1.54, 1.807) is 16.9 Å². The molecule has 0 saturated carbocycles. The van der Waals surface area contributed by atoms with E-state index in [-0.39, 0.29) is 0 Å². The third kappa shape index (κ3) is 3.27. The monoisotopic (exact) mass is 345 g/mol. The Morgan fingerprint density at radius 2 is 1.85 bits per heavy atom. The zero-order valence-electron chi connectivity index (χ0n) is 14.4. The Labute approximate surface area is 151 Å². The molecular formula is C20H19N5O. The fraction of sp³-hybridized carbons (Fsp3) is 0.150. The van der Waals surface area contributed by atoms with E-state index in [2.05, 4.69) is 15.4 Å². The Morgan fingerprint density at radius 3 is 2.62 bits per heavy atom. The number of aliphatic hydroxyl groups is 1. The lowest BCUT2D eigenvalue weighted by Crippen LogP contribution is -2.15. The van der Waals surface area contributed by atoms with Crippen LogP contribution in [0.15, 0.2) is 67.0 Å². The van der Waals surface area contributed by atoms with Crippen molar-refractivity contribution >= 4 is 11.5 Å². The van der Waals surface area contributed by atoms with E-state index >= 15 is 0 Å². The summed E-state index contributed by atoms with van der Waals surface area (Å²) in [6, 6.07) is 17.5. The molecule has 4 rings (SSSR count). The fourth-order valence-corrected chi connectivity index (χ4v) is 2.88. The number of pyridine rings is 1. The van der Waals surface area contributed by atoms with Crippen LogP contribution in [0.2, 0.25) is 0 Å². The number of fused-ring (bicyclic) bond motifs is 1. The van der Waals surface area contributed by atoms with Crippen LogP contribution < -0.4 is 5.32 Å². The van der Waals surface area contributed by atoms with Crippen molar-refractivity contribution in [1.29, 1.82) is 0 Å². The van der Waals surface area contributed by atoms with E-state index in [1.165, 1.54) is 0 Å². The molecule has 6 heteroatoms. The summed E-state index contributed by atoms with van der Waals surface area (Å²) in [7, 11) is 0.